The minimum Gasteiger partial charge on any atom is -0.480 e. The van der Waals surface area contributed by atoms with E-state index in [1.807, 2.05) is 0 Å². The predicted molar refractivity (Wildman–Crippen MR) is 48.5 cm³/mol. The maximum Gasteiger partial charge on any atom is 0.316 e. The van der Waals surface area contributed by atoms with Gasteiger partial charge in [-0.3, -0.25) is 4.79 Å². The van der Waals surface area contributed by atoms with Crippen molar-refractivity contribution >= 4 is 17.7 Å². The zero-order valence-electron chi connectivity index (χ0n) is 7.16. The van der Waals surface area contributed by atoms with E-state index in [0.29, 0.717) is 11.9 Å². The van der Waals surface area contributed by atoms with Crippen molar-refractivity contribution in [2.24, 2.45) is 0 Å². The molecular weight excluding hydrogens is 176 g/mol. The molecule has 2 unspecified atom stereocenters. The lowest BCUT2D eigenvalue weighted by Crippen LogP contribution is -2.24. The summed E-state index contributed by atoms with van der Waals surface area (Å²) in [5, 5.41) is 8.72. The van der Waals surface area contributed by atoms with Gasteiger partial charge >= 0.3 is 5.97 Å². The van der Waals surface area contributed by atoms with E-state index in [1.54, 1.807) is 6.92 Å². The standard InChI is InChI=1S/C8H14O3S/c1-6(8(9)10)12-7-3-2-4-11-5-7/h6-7H,2-5H2,1H3,(H,9,10). The Labute approximate surface area is 76.5 Å². The van der Waals surface area contributed by atoms with Crippen LogP contribution in [0.3, 0.4) is 0 Å². The fourth-order valence-electron chi connectivity index (χ4n) is 1.17. The van der Waals surface area contributed by atoms with Crippen LogP contribution in [0.5, 0.6) is 0 Å². The Kier molecular flexibility index (Phi) is 3.88. The number of aliphatic carboxylic acids is 1. The number of hydrogen-bond acceptors (Lipinski definition) is 3. The summed E-state index contributed by atoms with van der Waals surface area (Å²) in [6.07, 6.45) is 2.15. The topological polar surface area (TPSA) is 46.5 Å². The molecule has 0 aromatic carbocycles. The summed E-state index contributed by atoms with van der Waals surface area (Å²) in [5.41, 5.74) is 0. The van der Waals surface area contributed by atoms with Crippen molar-refractivity contribution in [1.29, 1.82) is 0 Å². The molecule has 0 spiro atoms. The van der Waals surface area contributed by atoms with Crippen LogP contribution in [0.25, 0.3) is 0 Å². The summed E-state index contributed by atoms with van der Waals surface area (Å²) in [5.74, 6) is -0.731. The van der Waals surface area contributed by atoms with Gasteiger partial charge in [0.2, 0.25) is 0 Å². The largest absolute Gasteiger partial charge is 0.480 e. The summed E-state index contributed by atoms with van der Waals surface area (Å²) < 4.78 is 5.25. The maximum atomic E-state index is 10.5. The van der Waals surface area contributed by atoms with Crippen molar-refractivity contribution in [2.45, 2.75) is 30.3 Å². The molecule has 0 aromatic rings. The second-order valence-corrected chi connectivity index (χ2v) is 4.60. The number of thioether (sulfide) groups is 1. The number of rotatable bonds is 3. The second kappa shape index (κ2) is 4.72. The molecule has 0 aromatic heterocycles. The Hall–Kier alpha value is -0.220. The van der Waals surface area contributed by atoms with E-state index in [9.17, 15) is 4.79 Å². The number of hydrogen-bond donors (Lipinski definition) is 1. The van der Waals surface area contributed by atoms with Gasteiger partial charge in [0.15, 0.2) is 0 Å². The molecule has 1 aliphatic rings. The van der Waals surface area contributed by atoms with Gasteiger partial charge in [0.05, 0.1) is 11.9 Å². The lowest BCUT2D eigenvalue weighted by Gasteiger charge is -2.22. The molecule has 1 aliphatic heterocycles. The molecule has 0 radical (unpaired) electrons. The van der Waals surface area contributed by atoms with E-state index in [-0.39, 0.29) is 5.25 Å². The highest BCUT2D eigenvalue weighted by Crippen LogP contribution is 2.24. The molecule has 1 rings (SSSR count). The van der Waals surface area contributed by atoms with Crippen molar-refractivity contribution in [3.63, 3.8) is 0 Å². The van der Waals surface area contributed by atoms with E-state index in [4.69, 9.17) is 9.84 Å². The number of carboxylic acids is 1. The molecule has 4 heteroatoms. The minimum absolute atomic E-state index is 0.309. The zero-order chi connectivity index (χ0) is 8.97. The highest BCUT2D eigenvalue weighted by atomic mass is 32.2. The lowest BCUT2D eigenvalue weighted by molar-refractivity contribution is -0.136. The van der Waals surface area contributed by atoms with Crippen LogP contribution in [-0.4, -0.2) is 34.8 Å². The van der Waals surface area contributed by atoms with Crippen LogP contribution in [0.1, 0.15) is 19.8 Å². The third-order valence-electron chi connectivity index (χ3n) is 1.86. The quantitative estimate of drug-likeness (QED) is 0.730. The lowest BCUT2D eigenvalue weighted by atomic mass is 10.2. The second-order valence-electron chi connectivity index (χ2n) is 2.96. The Morgan fingerprint density at radius 3 is 3.00 bits per heavy atom. The van der Waals surface area contributed by atoms with Gasteiger partial charge in [-0.1, -0.05) is 0 Å². The van der Waals surface area contributed by atoms with E-state index < -0.39 is 5.97 Å². The summed E-state index contributed by atoms with van der Waals surface area (Å²) in [4.78, 5) is 10.5. The van der Waals surface area contributed by atoms with Gasteiger partial charge in [-0.25, -0.2) is 0 Å². The third-order valence-corrected chi connectivity index (χ3v) is 3.23. The average molecular weight is 190 g/mol. The Morgan fingerprint density at radius 1 is 1.75 bits per heavy atom. The van der Waals surface area contributed by atoms with Crippen molar-refractivity contribution in [2.75, 3.05) is 13.2 Å². The first kappa shape index (κ1) is 9.86. The molecule has 2 atom stereocenters. The molecule has 1 heterocycles. The molecule has 70 valence electrons. The van der Waals surface area contributed by atoms with Crippen LogP contribution in [0, 0.1) is 0 Å². The fourth-order valence-corrected chi connectivity index (χ4v) is 2.34. The van der Waals surface area contributed by atoms with Gasteiger partial charge in [-0.05, 0) is 19.8 Å². The van der Waals surface area contributed by atoms with Gasteiger partial charge in [-0.15, -0.1) is 11.8 Å². The highest BCUT2D eigenvalue weighted by Gasteiger charge is 2.20. The van der Waals surface area contributed by atoms with Crippen LogP contribution >= 0.6 is 11.8 Å². The molecular formula is C8H14O3S. The Bertz CT molecular complexity index is 154. The summed E-state index contributed by atoms with van der Waals surface area (Å²) in [6, 6.07) is 0. The fraction of sp³-hybridized carbons (Fsp3) is 0.875. The summed E-state index contributed by atoms with van der Waals surface area (Å²) in [7, 11) is 0. The molecule has 0 amide bonds. The van der Waals surface area contributed by atoms with Crippen LogP contribution < -0.4 is 0 Å². The monoisotopic (exact) mass is 190 g/mol. The van der Waals surface area contributed by atoms with Gasteiger partial charge < -0.3 is 9.84 Å². The first-order valence-electron chi connectivity index (χ1n) is 4.16. The first-order valence-corrected chi connectivity index (χ1v) is 5.10. The number of carbonyl (C=O) groups is 1. The van der Waals surface area contributed by atoms with Gasteiger partial charge in [0.1, 0.15) is 0 Å². The number of carboxylic acid groups (broad SMARTS) is 1. The SMILES string of the molecule is CC(SC1CCCOC1)C(=O)O. The van der Waals surface area contributed by atoms with Gasteiger partial charge in [0, 0.05) is 11.9 Å². The smallest absolute Gasteiger partial charge is 0.316 e. The van der Waals surface area contributed by atoms with E-state index >= 15 is 0 Å². The van der Waals surface area contributed by atoms with Crippen LogP contribution in [0.15, 0.2) is 0 Å². The molecule has 12 heavy (non-hydrogen) atoms. The van der Waals surface area contributed by atoms with Gasteiger partial charge in [0.25, 0.3) is 0 Å². The molecule has 0 aliphatic carbocycles. The van der Waals surface area contributed by atoms with E-state index in [2.05, 4.69) is 0 Å². The van der Waals surface area contributed by atoms with E-state index in [0.717, 1.165) is 19.4 Å². The third kappa shape index (κ3) is 3.03. The van der Waals surface area contributed by atoms with Crippen molar-refractivity contribution < 1.29 is 14.6 Å². The number of ether oxygens (including phenoxy) is 1. The van der Waals surface area contributed by atoms with Crippen molar-refractivity contribution in [3.8, 4) is 0 Å². The summed E-state index contributed by atoms with van der Waals surface area (Å²) in [6.45, 7) is 3.27. The zero-order valence-corrected chi connectivity index (χ0v) is 7.97. The molecule has 1 N–H and O–H groups in total. The van der Waals surface area contributed by atoms with Crippen LogP contribution in [0.4, 0.5) is 0 Å². The first-order chi connectivity index (χ1) is 5.70. The minimum atomic E-state index is -0.731. The van der Waals surface area contributed by atoms with Crippen molar-refractivity contribution in [1.82, 2.24) is 0 Å². The molecule has 3 nitrogen and oxygen atoms in total. The molecule has 1 saturated heterocycles. The van der Waals surface area contributed by atoms with Crippen molar-refractivity contribution in [3.05, 3.63) is 0 Å². The van der Waals surface area contributed by atoms with Crippen LogP contribution in [-0.2, 0) is 9.53 Å². The summed E-state index contributed by atoms with van der Waals surface area (Å²) >= 11 is 1.50. The molecule has 0 saturated carbocycles. The Morgan fingerprint density at radius 2 is 2.50 bits per heavy atom. The normalized spacial score (nSPS) is 26.6. The Balaban J connectivity index is 2.24. The highest BCUT2D eigenvalue weighted by molar-refractivity contribution is 8.01. The van der Waals surface area contributed by atoms with Gasteiger partial charge in [-0.2, -0.15) is 0 Å². The maximum absolute atomic E-state index is 10.5. The predicted octanol–water partition coefficient (Wildman–Crippen LogP) is 1.37. The average Bonchev–Trinajstić information content (AvgIpc) is 2.06. The molecule has 0 bridgehead atoms. The van der Waals surface area contributed by atoms with E-state index in [1.165, 1.54) is 11.8 Å². The van der Waals surface area contributed by atoms with Crippen LogP contribution in [0.2, 0.25) is 0 Å². The molecule has 1 fully saturated rings.